The van der Waals surface area contributed by atoms with Crippen LogP contribution in [0.2, 0.25) is 0 Å². The van der Waals surface area contributed by atoms with Crippen LogP contribution in [0.1, 0.15) is 38.2 Å². The highest BCUT2D eigenvalue weighted by atomic mass is 32.2. The monoisotopic (exact) mass is 237 g/mol. The van der Waals surface area contributed by atoms with Crippen molar-refractivity contribution in [2.75, 3.05) is 23.9 Å². The maximum absolute atomic E-state index is 3.46. The molecule has 0 aliphatic rings. The summed E-state index contributed by atoms with van der Waals surface area (Å²) in [5.41, 5.74) is 2.65. The Balaban J connectivity index is 2.27. The first-order chi connectivity index (χ1) is 7.74. The van der Waals surface area contributed by atoms with Crippen molar-refractivity contribution in [3.8, 4) is 0 Å². The van der Waals surface area contributed by atoms with Gasteiger partial charge in [0, 0.05) is 12.2 Å². The number of unbranched alkanes of at least 4 members (excludes halogenated alkanes) is 1. The Bertz CT molecular complexity index is 279. The van der Waals surface area contributed by atoms with Crippen LogP contribution in [-0.4, -0.2) is 18.6 Å². The molecule has 0 saturated heterocycles. The summed E-state index contributed by atoms with van der Waals surface area (Å²) in [7, 11) is 0. The molecular formula is C14H23NS. The summed E-state index contributed by atoms with van der Waals surface area (Å²) >= 11 is 1.93. The molecule has 90 valence electrons. The van der Waals surface area contributed by atoms with E-state index in [1.54, 1.807) is 0 Å². The zero-order valence-electron chi connectivity index (χ0n) is 10.6. The van der Waals surface area contributed by atoms with Crippen molar-refractivity contribution in [2.45, 2.75) is 32.6 Å². The molecule has 0 atom stereocenters. The lowest BCUT2D eigenvalue weighted by Gasteiger charge is -2.09. The summed E-state index contributed by atoms with van der Waals surface area (Å²) in [4.78, 5) is 0. The molecule has 0 saturated carbocycles. The minimum absolute atomic E-state index is 0.621. The van der Waals surface area contributed by atoms with Crippen molar-refractivity contribution in [3.63, 3.8) is 0 Å². The highest BCUT2D eigenvalue weighted by Crippen LogP contribution is 2.17. The molecule has 1 nitrogen and oxygen atoms in total. The van der Waals surface area contributed by atoms with Crippen LogP contribution >= 0.6 is 11.8 Å². The third-order valence-electron chi connectivity index (χ3n) is 2.68. The number of hydrogen-bond donors (Lipinski definition) is 1. The summed E-state index contributed by atoms with van der Waals surface area (Å²) in [5, 5.41) is 3.46. The van der Waals surface area contributed by atoms with Crippen molar-refractivity contribution in [1.29, 1.82) is 0 Å². The number of nitrogens with one attached hydrogen (secondary N) is 1. The smallest absolute Gasteiger partial charge is 0.0340 e. The standard InChI is InChI=1S/C14H23NS/c1-12(2)13-6-8-14(9-7-13)15-10-4-5-11-16-3/h6-9,12,15H,4-5,10-11H2,1-3H3. The average molecular weight is 237 g/mol. The fourth-order valence-corrected chi connectivity index (χ4v) is 2.08. The lowest BCUT2D eigenvalue weighted by Crippen LogP contribution is -2.01. The number of benzene rings is 1. The van der Waals surface area contributed by atoms with Crippen LogP contribution < -0.4 is 5.32 Å². The molecule has 1 aromatic rings. The second kappa shape index (κ2) is 7.61. The second-order valence-corrected chi connectivity index (χ2v) is 5.39. The van der Waals surface area contributed by atoms with Gasteiger partial charge in [0.1, 0.15) is 0 Å². The molecule has 16 heavy (non-hydrogen) atoms. The lowest BCUT2D eigenvalue weighted by atomic mass is 10.0. The van der Waals surface area contributed by atoms with Gasteiger partial charge in [-0.15, -0.1) is 0 Å². The lowest BCUT2D eigenvalue weighted by molar-refractivity contribution is 0.842. The number of thioether (sulfide) groups is 1. The van der Waals surface area contributed by atoms with Gasteiger partial charge in [-0.25, -0.2) is 0 Å². The van der Waals surface area contributed by atoms with Gasteiger partial charge >= 0.3 is 0 Å². The molecule has 0 amide bonds. The molecule has 0 fully saturated rings. The summed E-state index contributed by atoms with van der Waals surface area (Å²) in [6, 6.07) is 8.80. The van der Waals surface area contributed by atoms with Gasteiger partial charge in [0.15, 0.2) is 0 Å². The molecule has 0 aliphatic heterocycles. The SMILES string of the molecule is CSCCCCNc1ccc(C(C)C)cc1. The van der Waals surface area contributed by atoms with Crippen LogP contribution in [0.3, 0.4) is 0 Å². The van der Waals surface area contributed by atoms with Gasteiger partial charge in [-0.3, -0.25) is 0 Å². The van der Waals surface area contributed by atoms with Crippen molar-refractivity contribution in [3.05, 3.63) is 29.8 Å². The topological polar surface area (TPSA) is 12.0 Å². The minimum atomic E-state index is 0.621. The highest BCUT2D eigenvalue weighted by molar-refractivity contribution is 7.98. The molecule has 0 unspecified atom stereocenters. The molecule has 0 aliphatic carbocycles. The van der Waals surface area contributed by atoms with Crippen molar-refractivity contribution >= 4 is 17.4 Å². The molecule has 0 heterocycles. The van der Waals surface area contributed by atoms with Crippen molar-refractivity contribution in [1.82, 2.24) is 0 Å². The Labute approximate surface area is 104 Å². The van der Waals surface area contributed by atoms with Crippen LogP contribution in [-0.2, 0) is 0 Å². The van der Waals surface area contributed by atoms with Gasteiger partial charge in [0.05, 0.1) is 0 Å². The van der Waals surface area contributed by atoms with E-state index in [0.29, 0.717) is 5.92 Å². The van der Waals surface area contributed by atoms with Gasteiger partial charge in [0.2, 0.25) is 0 Å². The summed E-state index contributed by atoms with van der Waals surface area (Å²) in [6.45, 7) is 5.54. The van der Waals surface area contributed by atoms with Crippen LogP contribution in [0.25, 0.3) is 0 Å². The zero-order chi connectivity index (χ0) is 11.8. The van der Waals surface area contributed by atoms with Crippen LogP contribution in [0.15, 0.2) is 24.3 Å². The van der Waals surface area contributed by atoms with Gasteiger partial charge in [-0.2, -0.15) is 11.8 Å². The second-order valence-electron chi connectivity index (χ2n) is 4.40. The van der Waals surface area contributed by atoms with E-state index in [0.717, 1.165) is 6.54 Å². The molecular weight excluding hydrogens is 214 g/mol. The van der Waals surface area contributed by atoms with E-state index >= 15 is 0 Å². The van der Waals surface area contributed by atoms with E-state index in [2.05, 4.69) is 49.7 Å². The Kier molecular flexibility index (Phi) is 6.39. The zero-order valence-corrected chi connectivity index (χ0v) is 11.4. The fraction of sp³-hybridized carbons (Fsp3) is 0.571. The number of hydrogen-bond acceptors (Lipinski definition) is 2. The Hall–Kier alpha value is -0.630. The Morgan fingerprint density at radius 3 is 2.38 bits per heavy atom. The first-order valence-corrected chi connectivity index (χ1v) is 7.46. The largest absolute Gasteiger partial charge is 0.385 e. The molecule has 0 radical (unpaired) electrons. The van der Waals surface area contributed by atoms with E-state index in [-0.39, 0.29) is 0 Å². The summed E-state index contributed by atoms with van der Waals surface area (Å²) < 4.78 is 0. The molecule has 0 aromatic heterocycles. The van der Waals surface area contributed by atoms with Gasteiger partial charge < -0.3 is 5.32 Å². The van der Waals surface area contributed by atoms with E-state index in [9.17, 15) is 0 Å². The van der Waals surface area contributed by atoms with E-state index in [1.165, 1.54) is 29.8 Å². The van der Waals surface area contributed by atoms with Crippen molar-refractivity contribution < 1.29 is 0 Å². The molecule has 2 heteroatoms. The van der Waals surface area contributed by atoms with Crippen LogP contribution in [0.4, 0.5) is 5.69 Å². The quantitative estimate of drug-likeness (QED) is 0.707. The first-order valence-electron chi connectivity index (χ1n) is 6.07. The number of rotatable bonds is 7. The van der Waals surface area contributed by atoms with Crippen molar-refractivity contribution in [2.24, 2.45) is 0 Å². The highest BCUT2D eigenvalue weighted by Gasteiger charge is 1.98. The molecule has 1 N–H and O–H groups in total. The fourth-order valence-electron chi connectivity index (χ4n) is 1.59. The number of anilines is 1. The third kappa shape index (κ3) is 4.93. The van der Waals surface area contributed by atoms with E-state index < -0.39 is 0 Å². The maximum atomic E-state index is 3.46. The van der Waals surface area contributed by atoms with Crippen LogP contribution in [0, 0.1) is 0 Å². The maximum Gasteiger partial charge on any atom is 0.0340 e. The molecule has 0 bridgehead atoms. The van der Waals surface area contributed by atoms with E-state index in [1.807, 2.05) is 11.8 Å². The average Bonchev–Trinajstić information content (AvgIpc) is 2.29. The van der Waals surface area contributed by atoms with Gasteiger partial charge in [-0.1, -0.05) is 26.0 Å². The van der Waals surface area contributed by atoms with Crippen LogP contribution in [0.5, 0.6) is 0 Å². The first kappa shape index (κ1) is 13.4. The summed E-state index contributed by atoms with van der Waals surface area (Å²) in [6.07, 6.45) is 4.73. The Morgan fingerprint density at radius 1 is 1.12 bits per heavy atom. The molecule has 1 rings (SSSR count). The third-order valence-corrected chi connectivity index (χ3v) is 3.38. The molecule has 1 aromatic carbocycles. The summed E-state index contributed by atoms with van der Waals surface area (Å²) in [5.74, 6) is 1.89. The normalized spacial score (nSPS) is 10.8. The Morgan fingerprint density at radius 2 is 1.81 bits per heavy atom. The predicted molar refractivity (Wildman–Crippen MR) is 76.6 cm³/mol. The van der Waals surface area contributed by atoms with Gasteiger partial charge in [-0.05, 0) is 48.5 Å². The van der Waals surface area contributed by atoms with Gasteiger partial charge in [0.25, 0.3) is 0 Å². The predicted octanol–water partition coefficient (Wildman–Crippen LogP) is 4.37. The molecule has 0 spiro atoms. The minimum Gasteiger partial charge on any atom is -0.385 e. The van der Waals surface area contributed by atoms with E-state index in [4.69, 9.17) is 0 Å².